The van der Waals surface area contributed by atoms with Crippen LogP contribution in [0.3, 0.4) is 0 Å². The molecule has 0 aliphatic carbocycles. The number of hydrogen-bond donors (Lipinski definition) is 1. The zero-order valence-electron chi connectivity index (χ0n) is 10.6. The van der Waals surface area contributed by atoms with Crippen LogP contribution in [-0.4, -0.2) is 11.7 Å². The maximum atomic E-state index is 8.63. The van der Waals surface area contributed by atoms with Crippen LogP contribution in [-0.2, 0) is 0 Å². The Kier molecular flexibility index (Phi) is 11.5. The average molecular weight is 212 g/mol. The van der Waals surface area contributed by atoms with Crippen molar-refractivity contribution in [3.63, 3.8) is 0 Å². The van der Waals surface area contributed by atoms with Crippen LogP contribution in [0.25, 0.3) is 0 Å². The first-order valence-corrected chi connectivity index (χ1v) is 6.57. The molecule has 90 valence electrons. The smallest absolute Gasteiger partial charge is 0.0431 e. The number of unbranched alkanes of at least 4 members (excludes halogenated alkanes) is 6. The zero-order chi connectivity index (χ0) is 11.4. The normalized spacial score (nSPS) is 12.1. The molecule has 0 saturated carbocycles. The molecule has 0 rings (SSSR count). The highest BCUT2D eigenvalue weighted by atomic mass is 16.2. The van der Waals surface area contributed by atoms with Gasteiger partial charge in [-0.25, -0.2) is 0 Å². The molecule has 0 aliphatic rings. The van der Waals surface area contributed by atoms with Crippen LogP contribution in [0.1, 0.15) is 71.6 Å². The van der Waals surface area contributed by atoms with E-state index in [4.69, 9.17) is 5.11 Å². The lowest BCUT2D eigenvalue weighted by Gasteiger charge is -2.01. The van der Waals surface area contributed by atoms with Crippen LogP contribution in [0.5, 0.6) is 0 Å². The van der Waals surface area contributed by atoms with Gasteiger partial charge in [-0.05, 0) is 39.0 Å². The third-order valence-corrected chi connectivity index (χ3v) is 2.78. The first-order chi connectivity index (χ1) is 7.31. The molecular weight excluding hydrogens is 184 g/mol. The fraction of sp³-hybridized carbons (Fsp3) is 0.857. The Labute approximate surface area is 95.6 Å². The van der Waals surface area contributed by atoms with Crippen LogP contribution in [0.15, 0.2) is 11.6 Å². The van der Waals surface area contributed by atoms with Gasteiger partial charge in [0.15, 0.2) is 0 Å². The van der Waals surface area contributed by atoms with E-state index in [9.17, 15) is 0 Å². The van der Waals surface area contributed by atoms with Gasteiger partial charge in [0.05, 0.1) is 0 Å². The third-order valence-electron chi connectivity index (χ3n) is 2.78. The van der Waals surface area contributed by atoms with Crippen molar-refractivity contribution in [2.75, 3.05) is 6.61 Å². The van der Waals surface area contributed by atoms with Gasteiger partial charge in [0.1, 0.15) is 0 Å². The Bertz CT molecular complexity index is 149. The lowest BCUT2D eigenvalue weighted by molar-refractivity contribution is 0.283. The zero-order valence-corrected chi connectivity index (χ0v) is 10.6. The first-order valence-electron chi connectivity index (χ1n) is 6.57. The molecule has 0 spiro atoms. The van der Waals surface area contributed by atoms with Gasteiger partial charge in [-0.15, -0.1) is 0 Å². The maximum Gasteiger partial charge on any atom is 0.0431 e. The molecule has 1 heteroatoms. The molecule has 0 saturated heterocycles. The van der Waals surface area contributed by atoms with Crippen molar-refractivity contribution in [2.45, 2.75) is 71.6 Å². The number of hydrogen-bond acceptors (Lipinski definition) is 1. The van der Waals surface area contributed by atoms with E-state index in [-0.39, 0.29) is 0 Å². The number of rotatable bonds is 10. The molecule has 0 aliphatic heterocycles. The molecule has 0 aromatic heterocycles. The topological polar surface area (TPSA) is 20.2 Å². The predicted octanol–water partition coefficient (Wildman–Crippen LogP) is 4.46. The summed E-state index contributed by atoms with van der Waals surface area (Å²) in [4.78, 5) is 0. The minimum atomic E-state index is 0.347. The van der Waals surface area contributed by atoms with Crippen molar-refractivity contribution in [3.8, 4) is 0 Å². The summed E-state index contributed by atoms with van der Waals surface area (Å²) in [7, 11) is 0. The second-order valence-corrected chi connectivity index (χ2v) is 4.43. The predicted molar refractivity (Wildman–Crippen MR) is 68.1 cm³/mol. The molecule has 0 fully saturated rings. The fourth-order valence-electron chi connectivity index (χ4n) is 1.71. The summed E-state index contributed by atoms with van der Waals surface area (Å²) in [6, 6.07) is 0. The van der Waals surface area contributed by atoms with Gasteiger partial charge in [-0.1, -0.05) is 44.3 Å². The molecule has 0 aromatic carbocycles. The van der Waals surface area contributed by atoms with E-state index < -0.39 is 0 Å². The first kappa shape index (κ1) is 14.7. The van der Waals surface area contributed by atoms with Crippen molar-refractivity contribution >= 4 is 0 Å². The lowest BCUT2D eigenvalue weighted by atomic mass is 10.1. The summed E-state index contributed by atoms with van der Waals surface area (Å²) >= 11 is 0. The van der Waals surface area contributed by atoms with Crippen LogP contribution >= 0.6 is 0 Å². The second-order valence-electron chi connectivity index (χ2n) is 4.43. The van der Waals surface area contributed by atoms with E-state index in [1.807, 2.05) is 0 Å². The van der Waals surface area contributed by atoms with Gasteiger partial charge in [0.25, 0.3) is 0 Å². The molecule has 0 heterocycles. The van der Waals surface area contributed by atoms with Gasteiger partial charge in [0, 0.05) is 6.61 Å². The molecule has 0 radical (unpaired) electrons. The molecule has 0 amide bonds. The molecule has 0 bridgehead atoms. The second kappa shape index (κ2) is 11.8. The number of aliphatic hydroxyl groups is 1. The van der Waals surface area contributed by atoms with Crippen molar-refractivity contribution in [2.24, 2.45) is 0 Å². The minimum Gasteiger partial charge on any atom is -0.396 e. The summed E-state index contributed by atoms with van der Waals surface area (Å²) in [6.45, 7) is 4.85. The monoisotopic (exact) mass is 212 g/mol. The van der Waals surface area contributed by atoms with Gasteiger partial charge >= 0.3 is 0 Å². The molecule has 15 heavy (non-hydrogen) atoms. The van der Waals surface area contributed by atoms with Gasteiger partial charge in [-0.2, -0.15) is 0 Å². The standard InChI is InChI=1S/C14H28O/c1-3-4-5-8-11-14(2)12-9-6-7-10-13-15/h12,15H,3-11,13H2,1-2H3. The van der Waals surface area contributed by atoms with E-state index in [0.717, 1.165) is 12.8 Å². The van der Waals surface area contributed by atoms with Crippen molar-refractivity contribution in [1.29, 1.82) is 0 Å². The summed E-state index contributed by atoms with van der Waals surface area (Å²) in [5, 5.41) is 8.63. The van der Waals surface area contributed by atoms with Crippen LogP contribution in [0.2, 0.25) is 0 Å². The van der Waals surface area contributed by atoms with E-state index in [1.165, 1.54) is 44.9 Å². The van der Waals surface area contributed by atoms with Crippen LogP contribution in [0.4, 0.5) is 0 Å². The Morgan fingerprint density at radius 3 is 2.40 bits per heavy atom. The SMILES string of the molecule is CCCCCCC(C)=CCCCCCO. The van der Waals surface area contributed by atoms with E-state index in [0.29, 0.717) is 6.61 Å². The fourth-order valence-corrected chi connectivity index (χ4v) is 1.71. The van der Waals surface area contributed by atoms with Gasteiger partial charge < -0.3 is 5.11 Å². The molecule has 0 unspecified atom stereocenters. The van der Waals surface area contributed by atoms with E-state index >= 15 is 0 Å². The molecular formula is C14H28O. The summed E-state index contributed by atoms with van der Waals surface area (Å²) in [5.74, 6) is 0. The summed E-state index contributed by atoms with van der Waals surface area (Å²) in [5.41, 5.74) is 1.55. The lowest BCUT2D eigenvalue weighted by Crippen LogP contribution is -1.83. The Balaban J connectivity index is 3.27. The minimum absolute atomic E-state index is 0.347. The molecule has 1 nitrogen and oxygen atoms in total. The third kappa shape index (κ3) is 11.6. The molecule has 0 atom stereocenters. The van der Waals surface area contributed by atoms with E-state index in [2.05, 4.69) is 19.9 Å². The average Bonchev–Trinajstić information content (AvgIpc) is 2.24. The van der Waals surface area contributed by atoms with E-state index in [1.54, 1.807) is 5.57 Å². The van der Waals surface area contributed by atoms with Crippen LogP contribution < -0.4 is 0 Å². The Morgan fingerprint density at radius 1 is 1.00 bits per heavy atom. The highest BCUT2D eigenvalue weighted by Crippen LogP contribution is 2.11. The number of allylic oxidation sites excluding steroid dienone is 2. The molecule has 0 aromatic rings. The van der Waals surface area contributed by atoms with Gasteiger partial charge in [0.2, 0.25) is 0 Å². The highest BCUT2D eigenvalue weighted by molar-refractivity contribution is 4.97. The molecule has 1 N–H and O–H groups in total. The van der Waals surface area contributed by atoms with Gasteiger partial charge in [-0.3, -0.25) is 0 Å². The number of aliphatic hydroxyl groups excluding tert-OH is 1. The Hall–Kier alpha value is -0.300. The van der Waals surface area contributed by atoms with Crippen molar-refractivity contribution in [3.05, 3.63) is 11.6 Å². The van der Waals surface area contributed by atoms with Crippen molar-refractivity contribution in [1.82, 2.24) is 0 Å². The van der Waals surface area contributed by atoms with Crippen LogP contribution in [0, 0.1) is 0 Å². The largest absolute Gasteiger partial charge is 0.396 e. The quantitative estimate of drug-likeness (QED) is 0.419. The maximum absolute atomic E-state index is 8.63. The van der Waals surface area contributed by atoms with Crippen molar-refractivity contribution < 1.29 is 5.11 Å². The summed E-state index contributed by atoms with van der Waals surface area (Å²) in [6.07, 6.45) is 13.6. The summed E-state index contributed by atoms with van der Waals surface area (Å²) < 4.78 is 0. The Morgan fingerprint density at radius 2 is 1.73 bits per heavy atom. The highest BCUT2D eigenvalue weighted by Gasteiger charge is 1.91.